The van der Waals surface area contributed by atoms with Crippen LogP contribution >= 0.6 is 0 Å². The van der Waals surface area contributed by atoms with Crippen LogP contribution in [0.1, 0.15) is 12.5 Å². The third-order valence-corrected chi connectivity index (χ3v) is 2.13. The molecule has 84 valence electrons. The van der Waals surface area contributed by atoms with Gasteiger partial charge in [0.05, 0.1) is 6.07 Å². The number of hydrogen-bond acceptors (Lipinski definition) is 3. The van der Waals surface area contributed by atoms with E-state index in [1.807, 2.05) is 31.2 Å². The summed E-state index contributed by atoms with van der Waals surface area (Å²) < 4.78 is 5.11. The van der Waals surface area contributed by atoms with Crippen molar-refractivity contribution in [2.24, 2.45) is 0 Å². The summed E-state index contributed by atoms with van der Waals surface area (Å²) in [6.45, 7) is 2.05. The highest BCUT2D eigenvalue weighted by atomic mass is 16.6. The number of aryl methyl sites for hydroxylation is 1. The Labute approximate surface area is 95.0 Å². The Balaban J connectivity index is 2.66. The van der Waals surface area contributed by atoms with Gasteiger partial charge >= 0.3 is 6.09 Å². The average Bonchev–Trinajstić information content (AvgIpc) is 2.29. The van der Waals surface area contributed by atoms with Gasteiger partial charge in [0.1, 0.15) is 12.3 Å². The molecule has 0 unspecified atom stereocenters. The lowest BCUT2D eigenvalue weighted by Crippen LogP contribution is -2.29. The number of benzene rings is 1. The van der Waals surface area contributed by atoms with E-state index >= 15 is 0 Å². The Morgan fingerprint density at radius 2 is 2.31 bits per heavy atom. The second-order valence-electron chi connectivity index (χ2n) is 3.38. The van der Waals surface area contributed by atoms with Crippen molar-refractivity contribution in [2.75, 3.05) is 13.6 Å². The van der Waals surface area contributed by atoms with Gasteiger partial charge in [-0.25, -0.2) is 4.79 Å². The molecule has 0 atom stereocenters. The first-order chi connectivity index (χ1) is 7.67. The van der Waals surface area contributed by atoms with Crippen LogP contribution in [-0.4, -0.2) is 24.6 Å². The first-order valence-electron chi connectivity index (χ1n) is 5.06. The second-order valence-corrected chi connectivity index (χ2v) is 3.38. The van der Waals surface area contributed by atoms with Crippen molar-refractivity contribution < 1.29 is 9.53 Å². The van der Waals surface area contributed by atoms with E-state index in [4.69, 9.17) is 10.00 Å². The largest absolute Gasteiger partial charge is 0.415 e. The Kier molecular flexibility index (Phi) is 4.34. The molecule has 0 radical (unpaired) electrons. The quantitative estimate of drug-likeness (QED) is 0.731. The molecule has 0 bridgehead atoms. The maximum atomic E-state index is 11.5. The molecule has 0 saturated heterocycles. The van der Waals surface area contributed by atoms with Crippen molar-refractivity contribution in [3.63, 3.8) is 0 Å². The predicted molar refractivity (Wildman–Crippen MR) is 60.1 cm³/mol. The maximum Gasteiger partial charge on any atom is 0.415 e. The zero-order chi connectivity index (χ0) is 12.0. The SMILES string of the molecule is CCc1cccc(OC(=O)N(C)CC#N)c1. The van der Waals surface area contributed by atoms with Crippen molar-refractivity contribution in [2.45, 2.75) is 13.3 Å². The molecule has 4 heteroatoms. The number of ether oxygens (including phenoxy) is 1. The van der Waals surface area contributed by atoms with E-state index in [1.54, 1.807) is 6.07 Å². The molecule has 1 aromatic rings. The summed E-state index contributed by atoms with van der Waals surface area (Å²) in [7, 11) is 1.52. The summed E-state index contributed by atoms with van der Waals surface area (Å²) >= 11 is 0. The summed E-state index contributed by atoms with van der Waals surface area (Å²) in [4.78, 5) is 12.7. The van der Waals surface area contributed by atoms with E-state index in [2.05, 4.69) is 0 Å². The van der Waals surface area contributed by atoms with Gasteiger partial charge in [0, 0.05) is 7.05 Å². The van der Waals surface area contributed by atoms with Gasteiger partial charge in [0.15, 0.2) is 0 Å². The summed E-state index contributed by atoms with van der Waals surface area (Å²) in [5.41, 5.74) is 1.10. The molecule has 0 N–H and O–H groups in total. The lowest BCUT2D eigenvalue weighted by atomic mass is 10.2. The van der Waals surface area contributed by atoms with Gasteiger partial charge in [0.25, 0.3) is 0 Å². The van der Waals surface area contributed by atoms with Crippen LogP contribution in [0.25, 0.3) is 0 Å². The zero-order valence-corrected chi connectivity index (χ0v) is 9.43. The molecular formula is C12H14N2O2. The summed E-state index contributed by atoms with van der Waals surface area (Å²) in [6, 6.07) is 9.23. The topological polar surface area (TPSA) is 53.3 Å². The Bertz CT molecular complexity index is 410. The minimum Gasteiger partial charge on any atom is -0.410 e. The van der Waals surface area contributed by atoms with E-state index in [-0.39, 0.29) is 6.54 Å². The van der Waals surface area contributed by atoms with E-state index in [1.165, 1.54) is 11.9 Å². The van der Waals surface area contributed by atoms with Crippen LogP contribution in [0.5, 0.6) is 5.75 Å². The third-order valence-electron chi connectivity index (χ3n) is 2.13. The lowest BCUT2D eigenvalue weighted by Gasteiger charge is -2.13. The fraction of sp³-hybridized carbons (Fsp3) is 0.333. The highest BCUT2D eigenvalue weighted by molar-refractivity contribution is 5.70. The molecule has 1 rings (SSSR count). The van der Waals surface area contributed by atoms with Crippen molar-refractivity contribution >= 4 is 6.09 Å². The normalized spacial score (nSPS) is 9.31. The first-order valence-corrected chi connectivity index (χ1v) is 5.06. The van der Waals surface area contributed by atoms with Gasteiger partial charge in [-0.1, -0.05) is 19.1 Å². The predicted octanol–water partition coefficient (Wildman–Crippen LogP) is 2.20. The number of nitriles is 1. The minimum absolute atomic E-state index is 0.0201. The fourth-order valence-corrected chi connectivity index (χ4v) is 1.18. The van der Waals surface area contributed by atoms with Crippen molar-refractivity contribution in [1.29, 1.82) is 5.26 Å². The van der Waals surface area contributed by atoms with Crippen molar-refractivity contribution in [3.8, 4) is 11.8 Å². The maximum absolute atomic E-state index is 11.5. The van der Waals surface area contributed by atoms with Crippen molar-refractivity contribution in [1.82, 2.24) is 4.90 Å². The van der Waals surface area contributed by atoms with Gasteiger partial charge in [-0.05, 0) is 24.1 Å². The minimum atomic E-state index is -0.519. The summed E-state index contributed by atoms with van der Waals surface area (Å²) in [6.07, 6.45) is 0.370. The number of amides is 1. The van der Waals surface area contributed by atoms with E-state index in [0.29, 0.717) is 5.75 Å². The van der Waals surface area contributed by atoms with Gasteiger partial charge < -0.3 is 4.74 Å². The van der Waals surface area contributed by atoms with Gasteiger partial charge in [0.2, 0.25) is 0 Å². The highest BCUT2D eigenvalue weighted by Crippen LogP contribution is 2.14. The molecule has 4 nitrogen and oxygen atoms in total. The Morgan fingerprint density at radius 3 is 2.94 bits per heavy atom. The standard InChI is InChI=1S/C12H14N2O2/c1-3-10-5-4-6-11(9-10)16-12(15)14(2)8-7-13/h4-6,9H,3,8H2,1-2H3. The molecule has 0 aliphatic carbocycles. The fourth-order valence-electron chi connectivity index (χ4n) is 1.18. The summed E-state index contributed by atoms with van der Waals surface area (Å²) in [5, 5.41) is 8.43. The molecule has 16 heavy (non-hydrogen) atoms. The van der Waals surface area contributed by atoms with Crippen LogP contribution < -0.4 is 4.74 Å². The molecule has 1 amide bonds. The lowest BCUT2D eigenvalue weighted by molar-refractivity contribution is 0.168. The molecule has 0 saturated carbocycles. The number of carbonyl (C=O) groups excluding carboxylic acids is 1. The van der Waals surface area contributed by atoms with E-state index in [9.17, 15) is 4.79 Å². The van der Waals surface area contributed by atoms with Crippen LogP contribution in [0.2, 0.25) is 0 Å². The first kappa shape index (κ1) is 12.1. The van der Waals surface area contributed by atoms with Crippen LogP contribution in [0.4, 0.5) is 4.79 Å². The number of carbonyl (C=O) groups is 1. The van der Waals surface area contributed by atoms with Crippen LogP contribution in [0.15, 0.2) is 24.3 Å². The van der Waals surface area contributed by atoms with Crippen LogP contribution in [0, 0.1) is 11.3 Å². The second kappa shape index (κ2) is 5.76. The molecule has 0 aliphatic heterocycles. The molecule has 1 aromatic carbocycles. The van der Waals surface area contributed by atoms with E-state index < -0.39 is 6.09 Å². The molecule has 0 aliphatic rings. The van der Waals surface area contributed by atoms with Gasteiger partial charge in [-0.2, -0.15) is 5.26 Å². The highest BCUT2D eigenvalue weighted by Gasteiger charge is 2.10. The van der Waals surface area contributed by atoms with Crippen LogP contribution in [-0.2, 0) is 6.42 Å². The van der Waals surface area contributed by atoms with Crippen molar-refractivity contribution in [3.05, 3.63) is 29.8 Å². The van der Waals surface area contributed by atoms with E-state index in [0.717, 1.165) is 12.0 Å². The summed E-state index contributed by atoms with van der Waals surface area (Å²) in [5.74, 6) is 0.508. The van der Waals surface area contributed by atoms with Crippen LogP contribution in [0.3, 0.4) is 0 Å². The average molecular weight is 218 g/mol. The smallest absolute Gasteiger partial charge is 0.410 e. The number of hydrogen-bond donors (Lipinski definition) is 0. The molecule has 0 spiro atoms. The number of nitrogens with zero attached hydrogens (tertiary/aromatic N) is 2. The Morgan fingerprint density at radius 1 is 1.56 bits per heavy atom. The Hall–Kier alpha value is -2.02. The monoisotopic (exact) mass is 218 g/mol. The molecule has 0 heterocycles. The zero-order valence-electron chi connectivity index (χ0n) is 9.43. The third kappa shape index (κ3) is 3.28. The number of rotatable bonds is 3. The molecular weight excluding hydrogens is 204 g/mol. The van der Waals surface area contributed by atoms with Gasteiger partial charge in [-0.3, -0.25) is 4.90 Å². The molecule has 0 aromatic heterocycles. The van der Waals surface area contributed by atoms with Gasteiger partial charge in [-0.15, -0.1) is 0 Å². The molecule has 0 fully saturated rings.